The van der Waals surface area contributed by atoms with Crippen LogP contribution in [0.3, 0.4) is 0 Å². The number of amides is 2. The molecule has 2 amide bonds. The maximum absolute atomic E-state index is 13.2. The largest absolute Gasteiger partial charge is 0.497 e. The van der Waals surface area contributed by atoms with Gasteiger partial charge in [0.05, 0.1) is 20.1 Å². The van der Waals surface area contributed by atoms with E-state index in [-0.39, 0.29) is 23.7 Å². The van der Waals surface area contributed by atoms with Crippen molar-refractivity contribution in [1.29, 1.82) is 0 Å². The molecular formula is C25H31ClN2O4. The molecule has 1 N–H and O–H groups in total. The molecule has 3 rings (SSSR count). The number of carbonyl (C=O) groups is 2. The molecule has 7 heteroatoms. The minimum atomic E-state index is -0.382. The molecule has 172 valence electrons. The molecule has 2 aromatic rings. The highest BCUT2D eigenvalue weighted by atomic mass is 35.5. The normalized spacial score (nSPS) is 18.0. The Balaban J connectivity index is 1.89. The summed E-state index contributed by atoms with van der Waals surface area (Å²) < 4.78 is 10.9. The van der Waals surface area contributed by atoms with Gasteiger partial charge in [0.25, 0.3) is 5.91 Å². The summed E-state index contributed by atoms with van der Waals surface area (Å²) in [7, 11) is 3.19. The van der Waals surface area contributed by atoms with Crippen LogP contribution in [0, 0.1) is 11.8 Å². The summed E-state index contributed by atoms with van der Waals surface area (Å²) in [6, 6.07) is 12.5. The maximum Gasteiger partial charge on any atom is 0.253 e. The van der Waals surface area contributed by atoms with E-state index in [1.807, 2.05) is 18.2 Å². The zero-order valence-electron chi connectivity index (χ0n) is 19.1. The molecule has 0 saturated carbocycles. The smallest absolute Gasteiger partial charge is 0.253 e. The van der Waals surface area contributed by atoms with Crippen LogP contribution in [-0.4, -0.2) is 50.6 Å². The summed E-state index contributed by atoms with van der Waals surface area (Å²) in [4.78, 5) is 28.1. The van der Waals surface area contributed by atoms with E-state index < -0.39 is 0 Å². The van der Waals surface area contributed by atoms with Crippen LogP contribution in [-0.2, 0) is 4.79 Å². The first-order valence-corrected chi connectivity index (χ1v) is 11.3. The Kier molecular flexibility index (Phi) is 8.02. The van der Waals surface area contributed by atoms with E-state index >= 15 is 0 Å². The predicted octanol–water partition coefficient (Wildman–Crippen LogP) is 4.38. The van der Waals surface area contributed by atoms with Crippen LogP contribution in [0.5, 0.6) is 11.5 Å². The summed E-state index contributed by atoms with van der Waals surface area (Å²) in [5.74, 6) is 1.06. The SMILES string of the molecule is COc1ccc([C@@H]2CN(C(=O)c3cccc(Cl)c3)C[C@H]2C(=O)NCCC(C)C)c(OC)c1. The van der Waals surface area contributed by atoms with Crippen molar-refractivity contribution < 1.29 is 19.1 Å². The monoisotopic (exact) mass is 458 g/mol. The molecule has 32 heavy (non-hydrogen) atoms. The Morgan fingerprint density at radius 1 is 1.12 bits per heavy atom. The second-order valence-corrected chi connectivity index (χ2v) is 8.95. The molecule has 1 saturated heterocycles. The van der Waals surface area contributed by atoms with Gasteiger partial charge in [-0.15, -0.1) is 0 Å². The number of rotatable bonds is 8. The van der Waals surface area contributed by atoms with Crippen LogP contribution in [0.25, 0.3) is 0 Å². The van der Waals surface area contributed by atoms with E-state index in [0.29, 0.717) is 47.6 Å². The lowest BCUT2D eigenvalue weighted by atomic mass is 9.87. The molecule has 2 atom stereocenters. The highest BCUT2D eigenvalue weighted by molar-refractivity contribution is 6.30. The zero-order chi connectivity index (χ0) is 23.3. The standard InChI is InChI=1S/C25H31ClN2O4/c1-16(2)10-11-27-24(29)22-15-28(25(30)17-6-5-7-18(26)12-17)14-21(22)20-9-8-19(31-3)13-23(20)32-4/h5-9,12-13,16,21-22H,10-11,14-15H2,1-4H3,(H,27,29)/t21-,22+/m0/s1. The van der Waals surface area contributed by atoms with E-state index in [0.717, 1.165) is 12.0 Å². The van der Waals surface area contributed by atoms with Gasteiger partial charge < -0.3 is 19.7 Å². The number of hydrogen-bond acceptors (Lipinski definition) is 4. The average Bonchev–Trinajstić information content (AvgIpc) is 3.23. The molecule has 0 aromatic heterocycles. The minimum absolute atomic E-state index is 0.0464. The van der Waals surface area contributed by atoms with Crippen LogP contribution in [0.15, 0.2) is 42.5 Å². The lowest BCUT2D eigenvalue weighted by molar-refractivity contribution is -0.124. The lowest BCUT2D eigenvalue weighted by Crippen LogP contribution is -2.36. The van der Waals surface area contributed by atoms with E-state index in [1.165, 1.54) is 0 Å². The third-order valence-electron chi connectivity index (χ3n) is 5.88. The molecule has 0 spiro atoms. The highest BCUT2D eigenvalue weighted by Gasteiger charge is 2.41. The first-order valence-electron chi connectivity index (χ1n) is 10.9. The number of nitrogens with one attached hydrogen (secondary N) is 1. The van der Waals surface area contributed by atoms with Crippen molar-refractivity contribution in [3.05, 3.63) is 58.6 Å². The lowest BCUT2D eigenvalue weighted by Gasteiger charge is -2.21. The first-order chi connectivity index (χ1) is 15.3. The maximum atomic E-state index is 13.2. The number of halogens is 1. The van der Waals surface area contributed by atoms with Gasteiger partial charge in [-0.2, -0.15) is 0 Å². The fourth-order valence-electron chi connectivity index (χ4n) is 4.09. The molecule has 6 nitrogen and oxygen atoms in total. The van der Waals surface area contributed by atoms with Crippen LogP contribution in [0.4, 0.5) is 0 Å². The molecule has 1 aliphatic rings. The highest BCUT2D eigenvalue weighted by Crippen LogP contribution is 2.39. The van der Waals surface area contributed by atoms with Crippen molar-refractivity contribution in [1.82, 2.24) is 10.2 Å². The quantitative estimate of drug-likeness (QED) is 0.637. The minimum Gasteiger partial charge on any atom is -0.497 e. The Bertz CT molecular complexity index is 963. The Labute approximate surface area is 194 Å². The number of ether oxygens (including phenoxy) is 2. The third kappa shape index (κ3) is 5.54. The van der Waals surface area contributed by atoms with Crippen molar-refractivity contribution in [2.45, 2.75) is 26.2 Å². The molecule has 1 heterocycles. The van der Waals surface area contributed by atoms with Crippen LogP contribution < -0.4 is 14.8 Å². The Morgan fingerprint density at radius 2 is 1.91 bits per heavy atom. The van der Waals surface area contributed by atoms with Crippen molar-refractivity contribution in [3.63, 3.8) is 0 Å². The second kappa shape index (κ2) is 10.7. The average molecular weight is 459 g/mol. The van der Waals surface area contributed by atoms with Gasteiger partial charge in [-0.05, 0) is 36.6 Å². The molecule has 2 aromatic carbocycles. The number of methoxy groups -OCH3 is 2. The van der Waals surface area contributed by atoms with Gasteiger partial charge in [0.2, 0.25) is 5.91 Å². The van der Waals surface area contributed by atoms with Gasteiger partial charge >= 0.3 is 0 Å². The number of likely N-dealkylation sites (tertiary alicyclic amines) is 1. The number of hydrogen-bond donors (Lipinski definition) is 1. The number of benzene rings is 2. The third-order valence-corrected chi connectivity index (χ3v) is 6.11. The summed E-state index contributed by atoms with van der Waals surface area (Å²) in [5, 5.41) is 3.57. The molecule has 1 fully saturated rings. The fraction of sp³-hybridized carbons (Fsp3) is 0.440. The second-order valence-electron chi connectivity index (χ2n) is 8.51. The first kappa shape index (κ1) is 23.9. The summed E-state index contributed by atoms with van der Waals surface area (Å²) in [5.41, 5.74) is 1.40. The summed E-state index contributed by atoms with van der Waals surface area (Å²) >= 11 is 6.09. The van der Waals surface area contributed by atoms with Gasteiger partial charge in [0.1, 0.15) is 11.5 Å². The van der Waals surface area contributed by atoms with Gasteiger partial charge in [-0.25, -0.2) is 0 Å². The topological polar surface area (TPSA) is 67.9 Å². The molecule has 0 radical (unpaired) electrons. The van der Waals surface area contributed by atoms with E-state index in [2.05, 4.69) is 19.2 Å². The van der Waals surface area contributed by atoms with Crippen LogP contribution in [0.2, 0.25) is 5.02 Å². The zero-order valence-corrected chi connectivity index (χ0v) is 19.8. The number of carbonyl (C=O) groups excluding carboxylic acids is 2. The molecule has 1 aliphatic heterocycles. The summed E-state index contributed by atoms with van der Waals surface area (Å²) in [6.07, 6.45) is 0.903. The number of nitrogens with zero attached hydrogens (tertiary/aromatic N) is 1. The van der Waals surface area contributed by atoms with Gasteiger partial charge in [-0.3, -0.25) is 9.59 Å². The van der Waals surface area contributed by atoms with Crippen molar-refractivity contribution in [3.8, 4) is 11.5 Å². The summed E-state index contributed by atoms with van der Waals surface area (Å²) in [6.45, 7) is 5.60. The Morgan fingerprint density at radius 3 is 2.56 bits per heavy atom. The van der Waals surface area contributed by atoms with Crippen molar-refractivity contribution in [2.24, 2.45) is 11.8 Å². The molecule has 0 unspecified atom stereocenters. The van der Waals surface area contributed by atoms with Crippen molar-refractivity contribution >= 4 is 23.4 Å². The van der Waals surface area contributed by atoms with E-state index in [4.69, 9.17) is 21.1 Å². The van der Waals surface area contributed by atoms with Crippen LogP contribution >= 0.6 is 11.6 Å². The predicted molar refractivity (Wildman–Crippen MR) is 126 cm³/mol. The van der Waals surface area contributed by atoms with Gasteiger partial charge in [0.15, 0.2) is 0 Å². The van der Waals surface area contributed by atoms with Crippen molar-refractivity contribution in [2.75, 3.05) is 33.9 Å². The van der Waals surface area contributed by atoms with Gasteiger partial charge in [-0.1, -0.05) is 37.6 Å². The molecule has 0 aliphatic carbocycles. The van der Waals surface area contributed by atoms with E-state index in [9.17, 15) is 9.59 Å². The Hall–Kier alpha value is -2.73. The fourth-order valence-corrected chi connectivity index (χ4v) is 4.28. The molecule has 0 bridgehead atoms. The van der Waals surface area contributed by atoms with Crippen LogP contribution in [0.1, 0.15) is 42.1 Å². The van der Waals surface area contributed by atoms with Gasteiger partial charge in [0, 0.05) is 47.8 Å². The van der Waals surface area contributed by atoms with E-state index in [1.54, 1.807) is 43.4 Å². The molecular weight excluding hydrogens is 428 g/mol.